The average Bonchev–Trinajstić information content (AvgIpc) is 2.36. The molecule has 0 bridgehead atoms. The number of rotatable bonds is 6. The van der Waals surface area contributed by atoms with Crippen molar-refractivity contribution < 1.29 is 4.79 Å². The zero-order valence-corrected chi connectivity index (χ0v) is 9.47. The lowest BCUT2D eigenvalue weighted by atomic mass is 10.2. The van der Waals surface area contributed by atoms with Gasteiger partial charge in [-0.25, -0.2) is 0 Å². The third kappa shape index (κ3) is 4.55. The van der Waals surface area contributed by atoms with Crippen molar-refractivity contribution in [3.8, 4) is 0 Å². The minimum absolute atomic E-state index is 0.130. The van der Waals surface area contributed by atoms with E-state index in [-0.39, 0.29) is 5.91 Å². The molecule has 1 amide bonds. The summed E-state index contributed by atoms with van der Waals surface area (Å²) in [6.07, 6.45) is 1.77. The van der Waals surface area contributed by atoms with Gasteiger partial charge in [0.1, 0.15) is 0 Å². The van der Waals surface area contributed by atoms with E-state index in [1.807, 2.05) is 0 Å². The Morgan fingerprint density at radius 3 is 2.65 bits per heavy atom. The predicted octanol–water partition coefficient (Wildman–Crippen LogP) is 2.10. The molecule has 3 N–H and O–H groups in total. The highest BCUT2D eigenvalue weighted by molar-refractivity contribution is 5.94. The van der Waals surface area contributed by atoms with Crippen molar-refractivity contribution in [1.29, 1.82) is 0 Å². The minimum atomic E-state index is -0.130. The van der Waals surface area contributed by atoms with Gasteiger partial charge in [-0.3, -0.25) is 4.79 Å². The molecule has 0 aliphatic heterocycles. The lowest BCUT2D eigenvalue weighted by Crippen LogP contribution is -2.24. The number of hydrogen-bond donors (Lipinski definition) is 2. The number of benzene rings is 1. The summed E-state index contributed by atoms with van der Waals surface area (Å²) in [5.41, 5.74) is 14.6. The molecule has 6 nitrogen and oxygen atoms in total. The number of carbonyl (C=O) groups is 1. The molecule has 0 saturated carbocycles. The number of nitrogens with two attached hydrogens (primary N) is 1. The summed E-state index contributed by atoms with van der Waals surface area (Å²) < 4.78 is 0. The van der Waals surface area contributed by atoms with E-state index in [1.54, 1.807) is 24.3 Å². The number of azide groups is 1. The van der Waals surface area contributed by atoms with Gasteiger partial charge in [0.25, 0.3) is 5.91 Å². The van der Waals surface area contributed by atoms with Crippen molar-refractivity contribution in [2.45, 2.75) is 12.8 Å². The number of unbranched alkanes of at least 4 members (excludes halogenated alkanes) is 1. The van der Waals surface area contributed by atoms with Crippen LogP contribution in [0.1, 0.15) is 23.2 Å². The Hall–Kier alpha value is -2.04. The normalized spacial score (nSPS) is 9.47. The van der Waals surface area contributed by atoms with Crippen LogP contribution in [0.4, 0.5) is 5.69 Å². The third-order valence-corrected chi connectivity index (χ3v) is 2.21. The predicted molar refractivity (Wildman–Crippen MR) is 65.9 cm³/mol. The molecule has 0 aliphatic carbocycles. The second kappa shape index (κ2) is 7.27. The van der Waals surface area contributed by atoms with Crippen LogP contribution in [0.5, 0.6) is 0 Å². The lowest BCUT2D eigenvalue weighted by Gasteiger charge is -2.04. The first-order valence-electron chi connectivity index (χ1n) is 5.41. The van der Waals surface area contributed by atoms with Crippen LogP contribution >= 0.6 is 0 Å². The monoisotopic (exact) mass is 233 g/mol. The molecule has 90 valence electrons. The molecule has 0 saturated heterocycles. The molecule has 0 atom stereocenters. The van der Waals surface area contributed by atoms with Crippen LogP contribution in [0.3, 0.4) is 0 Å². The topological polar surface area (TPSA) is 104 Å². The molecule has 0 unspecified atom stereocenters. The summed E-state index contributed by atoms with van der Waals surface area (Å²) in [5, 5.41) is 6.22. The van der Waals surface area contributed by atoms with Crippen LogP contribution in [0, 0.1) is 0 Å². The highest BCUT2D eigenvalue weighted by Gasteiger charge is 2.03. The fraction of sp³-hybridized carbons (Fsp3) is 0.364. The Morgan fingerprint density at radius 1 is 1.35 bits per heavy atom. The first-order valence-corrected chi connectivity index (χ1v) is 5.41. The number of carbonyl (C=O) groups excluding carboxylic acids is 1. The van der Waals surface area contributed by atoms with E-state index in [9.17, 15) is 4.79 Å². The maximum absolute atomic E-state index is 11.6. The summed E-state index contributed by atoms with van der Waals surface area (Å²) in [5.74, 6) is -0.130. The van der Waals surface area contributed by atoms with Gasteiger partial charge in [-0.05, 0) is 37.1 Å². The van der Waals surface area contributed by atoms with Crippen molar-refractivity contribution in [3.63, 3.8) is 0 Å². The van der Waals surface area contributed by atoms with Crippen LogP contribution in [0.2, 0.25) is 0 Å². The summed E-state index contributed by atoms with van der Waals surface area (Å²) >= 11 is 0. The van der Waals surface area contributed by atoms with Gasteiger partial charge in [0, 0.05) is 22.7 Å². The molecule has 0 fully saturated rings. The van der Waals surface area contributed by atoms with E-state index in [4.69, 9.17) is 11.3 Å². The molecule has 0 aromatic heterocycles. The molecule has 1 rings (SSSR count). The lowest BCUT2D eigenvalue weighted by molar-refractivity contribution is 0.0953. The van der Waals surface area contributed by atoms with Crippen LogP contribution in [-0.4, -0.2) is 19.0 Å². The molecule has 0 aliphatic rings. The van der Waals surface area contributed by atoms with Gasteiger partial charge < -0.3 is 11.1 Å². The molecule has 1 aromatic rings. The van der Waals surface area contributed by atoms with Crippen molar-refractivity contribution in [2.75, 3.05) is 13.1 Å². The first kappa shape index (κ1) is 13.0. The maximum atomic E-state index is 11.6. The number of hydrogen-bond acceptors (Lipinski definition) is 3. The van der Waals surface area contributed by atoms with E-state index < -0.39 is 0 Å². The van der Waals surface area contributed by atoms with Crippen molar-refractivity contribution >= 4 is 11.6 Å². The van der Waals surface area contributed by atoms with Gasteiger partial charge >= 0.3 is 0 Å². The Kier molecular flexibility index (Phi) is 5.57. The zero-order chi connectivity index (χ0) is 12.5. The molecule has 6 heteroatoms. The molecule has 17 heavy (non-hydrogen) atoms. The van der Waals surface area contributed by atoms with Crippen molar-refractivity contribution in [3.05, 3.63) is 40.3 Å². The van der Waals surface area contributed by atoms with E-state index in [0.29, 0.717) is 24.3 Å². The summed E-state index contributed by atoms with van der Waals surface area (Å²) in [6.45, 7) is 1.25. The Morgan fingerprint density at radius 2 is 2.06 bits per heavy atom. The van der Waals surface area contributed by atoms with Crippen molar-refractivity contribution in [1.82, 2.24) is 5.32 Å². The largest absolute Gasteiger partial charge is 0.352 e. The summed E-state index contributed by atoms with van der Waals surface area (Å²) in [7, 11) is 0. The molecule has 0 spiro atoms. The zero-order valence-electron chi connectivity index (χ0n) is 9.47. The fourth-order valence-corrected chi connectivity index (χ4v) is 1.30. The summed E-state index contributed by atoms with van der Waals surface area (Å²) in [4.78, 5) is 14.3. The van der Waals surface area contributed by atoms with Gasteiger partial charge in [-0.15, -0.1) is 0 Å². The highest BCUT2D eigenvalue weighted by atomic mass is 16.1. The minimum Gasteiger partial charge on any atom is -0.352 e. The van der Waals surface area contributed by atoms with Gasteiger partial charge in [0.15, 0.2) is 0 Å². The second-order valence-electron chi connectivity index (χ2n) is 3.49. The number of amides is 1. The second-order valence-corrected chi connectivity index (χ2v) is 3.49. The van der Waals surface area contributed by atoms with Crippen LogP contribution in [0.25, 0.3) is 10.4 Å². The van der Waals surface area contributed by atoms with E-state index in [1.165, 1.54) is 0 Å². The van der Waals surface area contributed by atoms with Gasteiger partial charge in [-0.2, -0.15) is 0 Å². The van der Waals surface area contributed by atoms with Crippen LogP contribution in [0.15, 0.2) is 29.4 Å². The van der Waals surface area contributed by atoms with Gasteiger partial charge in [0.05, 0.1) is 0 Å². The smallest absolute Gasteiger partial charge is 0.251 e. The maximum Gasteiger partial charge on any atom is 0.251 e. The average molecular weight is 233 g/mol. The molecule has 0 radical (unpaired) electrons. The molecular formula is C11H15N5O. The molecule has 0 heterocycles. The standard InChI is InChI=1S/C11H15N5O/c12-7-1-2-8-14-11(17)9-3-5-10(6-4-9)15-16-13/h3-6H,1-2,7-8,12H2,(H,14,17). The quantitative estimate of drug-likeness (QED) is 0.340. The van der Waals surface area contributed by atoms with Gasteiger partial charge in [-0.1, -0.05) is 17.2 Å². The van der Waals surface area contributed by atoms with E-state index in [0.717, 1.165) is 12.8 Å². The Balaban J connectivity index is 2.49. The van der Waals surface area contributed by atoms with Crippen LogP contribution < -0.4 is 11.1 Å². The third-order valence-electron chi connectivity index (χ3n) is 2.21. The van der Waals surface area contributed by atoms with Crippen LogP contribution in [-0.2, 0) is 0 Å². The summed E-state index contributed by atoms with van der Waals surface area (Å²) in [6, 6.07) is 6.47. The SMILES string of the molecule is [N-]=[N+]=Nc1ccc(C(=O)NCCCCN)cc1. The molecular weight excluding hydrogens is 218 g/mol. The van der Waals surface area contributed by atoms with E-state index >= 15 is 0 Å². The van der Waals surface area contributed by atoms with Gasteiger partial charge in [0.2, 0.25) is 0 Å². The fourth-order valence-electron chi connectivity index (χ4n) is 1.30. The Bertz CT molecular complexity index is 408. The van der Waals surface area contributed by atoms with Crippen molar-refractivity contribution in [2.24, 2.45) is 10.8 Å². The Labute approximate surface area is 99.4 Å². The number of nitrogens with one attached hydrogen (secondary N) is 1. The highest BCUT2D eigenvalue weighted by Crippen LogP contribution is 2.12. The van der Waals surface area contributed by atoms with E-state index in [2.05, 4.69) is 15.3 Å². The number of nitrogens with zero attached hydrogens (tertiary/aromatic N) is 3. The first-order chi connectivity index (χ1) is 8.27. The molecule has 1 aromatic carbocycles.